The molecule has 2 aromatic rings. The summed E-state index contributed by atoms with van der Waals surface area (Å²) in [7, 11) is 0. The van der Waals surface area contributed by atoms with Crippen molar-refractivity contribution in [3.8, 4) is 0 Å². The number of benzene rings is 1. The highest BCUT2D eigenvalue weighted by molar-refractivity contribution is 7.10. The van der Waals surface area contributed by atoms with Crippen LogP contribution in [0.15, 0.2) is 35.7 Å². The second-order valence-electron chi connectivity index (χ2n) is 3.79. The molecule has 1 heterocycles. The summed E-state index contributed by atoms with van der Waals surface area (Å²) in [6.07, 6.45) is 1.05. The zero-order chi connectivity index (χ0) is 11.4. The zero-order valence-electron chi connectivity index (χ0n) is 9.36. The molecule has 1 aromatic carbocycles. The summed E-state index contributed by atoms with van der Waals surface area (Å²) in [5, 5.41) is 5.50. The molecule has 0 atom stereocenters. The number of aryl methyl sites for hydroxylation is 1. The molecule has 3 N–H and O–H groups in total. The van der Waals surface area contributed by atoms with E-state index in [0.29, 0.717) is 0 Å². The Morgan fingerprint density at radius 1 is 1.25 bits per heavy atom. The van der Waals surface area contributed by atoms with Gasteiger partial charge in [-0.2, -0.15) is 0 Å². The van der Waals surface area contributed by atoms with Crippen LogP contribution in [-0.2, 0) is 6.42 Å². The molecule has 0 spiro atoms. The molecular formula is C13H16N2S. The molecule has 2 nitrogen and oxygen atoms in total. The number of hydrogen-bond donors (Lipinski definition) is 2. The minimum Gasteiger partial charge on any atom is -0.397 e. The van der Waals surface area contributed by atoms with Crippen molar-refractivity contribution in [2.75, 3.05) is 17.6 Å². The third-order valence-corrected chi connectivity index (χ3v) is 3.68. The van der Waals surface area contributed by atoms with Crippen LogP contribution in [0.5, 0.6) is 0 Å². The topological polar surface area (TPSA) is 38.0 Å². The molecule has 84 valence electrons. The minimum atomic E-state index is 0.811. The molecule has 0 saturated carbocycles. The van der Waals surface area contributed by atoms with E-state index in [2.05, 4.69) is 23.7 Å². The quantitative estimate of drug-likeness (QED) is 0.794. The van der Waals surface area contributed by atoms with Crippen LogP contribution in [0.25, 0.3) is 0 Å². The van der Waals surface area contributed by atoms with E-state index in [1.54, 1.807) is 0 Å². The molecule has 3 heteroatoms. The molecule has 0 aliphatic rings. The Kier molecular flexibility index (Phi) is 3.47. The van der Waals surface area contributed by atoms with Gasteiger partial charge in [0, 0.05) is 11.4 Å². The van der Waals surface area contributed by atoms with Crippen LogP contribution in [0, 0.1) is 6.92 Å². The van der Waals surface area contributed by atoms with Gasteiger partial charge in [-0.3, -0.25) is 0 Å². The summed E-state index contributed by atoms with van der Waals surface area (Å²) in [5.74, 6) is 0. The molecule has 0 aliphatic carbocycles. The van der Waals surface area contributed by atoms with E-state index < -0.39 is 0 Å². The smallest absolute Gasteiger partial charge is 0.0574 e. The van der Waals surface area contributed by atoms with Crippen molar-refractivity contribution in [1.82, 2.24) is 0 Å². The molecule has 0 radical (unpaired) electrons. The molecule has 2 rings (SSSR count). The average Bonchev–Trinajstić information content (AvgIpc) is 2.67. The van der Waals surface area contributed by atoms with E-state index in [4.69, 9.17) is 5.73 Å². The first kappa shape index (κ1) is 11.0. The maximum Gasteiger partial charge on any atom is 0.0574 e. The fourth-order valence-electron chi connectivity index (χ4n) is 1.63. The van der Waals surface area contributed by atoms with Gasteiger partial charge in [-0.05, 0) is 42.5 Å². The minimum absolute atomic E-state index is 0.811. The van der Waals surface area contributed by atoms with Gasteiger partial charge in [0.15, 0.2) is 0 Å². The Labute approximate surface area is 100 Å². The highest BCUT2D eigenvalue weighted by atomic mass is 32.1. The number of nitrogens with two attached hydrogens (primary N) is 1. The monoisotopic (exact) mass is 232 g/mol. The van der Waals surface area contributed by atoms with Crippen LogP contribution >= 0.6 is 11.3 Å². The lowest BCUT2D eigenvalue weighted by Gasteiger charge is -2.08. The average molecular weight is 232 g/mol. The standard InChI is InChI=1S/C13H16N2S/c1-10-7-9-16-13(10)6-8-15-12-5-3-2-4-11(12)14/h2-5,7,9,15H,6,8,14H2,1H3. The Balaban J connectivity index is 1.89. The van der Waals surface area contributed by atoms with Gasteiger partial charge in [0.1, 0.15) is 0 Å². The summed E-state index contributed by atoms with van der Waals surface area (Å²) in [5.41, 5.74) is 9.07. The van der Waals surface area contributed by atoms with E-state index >= 15 is 0 Å². The predicted molar refractivity (Wildman–Crippen MR) is 72.1 cm³/mol. The van der Waals surface area contributed by atoms with Crippen molar-refractivity contribution >= 4 is 22.7 Å². The van der Waals surface area contributed by atoms with E-state index in [-0.39, 0.29) is 0 Å². The Hall–Kier alpha value is -1.48. The highest BCUT2D eigenvalue weighted by Gasteiger charge is 2.00. The number of para-hydroxylation sites is 2. The lowest BCUT2D eigenvalue weighted by Crippen LogP contribution is -2.06. The molecule has 0 amide bonds. The summed E-state index contributed by atoms with van der Waals surface area (Å²) in [6.45, 7) is 3.08. The van der Waals surface area contributed by atoms with Gasteiger partial charge in [0.05, 0.1) is 11.4 Å². The zero-order valence-corrected chi connectivity index (χ0v) is 10.2. The maximum absolute atomic E-state index is 5.85. The largest absolute Gasteiger partial charge is 0.397 e. The van der Waals surface area contributed by atoms with Crippen molar-refractivity contribution < 1.29 is 0 Å². The van der Waals surface area contributed by atoms with E-state index in [1.807, 2.05) is 35.6 Å². The molecule has 0 fully saturated rings. The third kappa shape index (κ3) is 2.55. The van der Waals surface area contributed by atoms with Crippen molar-refractivity contribution in [3.05, 3.63) is 46.2 Å². The van der Waals surface area contributed by atoms with Gasteiger partial charge < -0.3 is 11.1 Å². The molecule has 0 unspecified atom stereocenters. The second kappa shape index (κ2) is 5.03. The Bertz CT molecular complexity index is 462. The molecule has 0 bridgehead atoms. The van der Waals surface area contributed by atoms with Crippen molar-refractivity contribution in [2.45, 2.75) is 13.3 Å². The van der Waals surface area contributed by atoms with Gasteiger partial charge in [-0.1, -0.05) is 12.1 Å². The van der Waals surface area contributed by atoms with Gasteiger partial charge >= 0.3 is 0 Å². The maximum atomic E-state index is 5.85. The Morgan fingerprint density at radius 2 is 2.06 bits per heavy atom. The summed E-state index contributed by atoms with van der Waals surface area (Å²) in [6, 6.07) is 10.0. The second-order valence-corrected chi connectivity index (χ2v) is 4.79. The number of rotatable bonds is 4. The van der Waals surface area contributed by atoms with E-state index in [1.165, 1.54) is 10.4 Å². The summed E-state index contributed by atoms with van der Waals surface area (Å²) in [4.78, 5) is 1.45. The molecule has 16 heavy (non-hydrogen) atoms. The third-order valence-electron chi connectivity index (χ3n) is 2.60. The van der Waals surface area contributed by atoms with Gasteiger partial charge in [-0.25, -0.2) is 0 Å². The molecular weight excluding hydrogens is 216 g/mol. The van der Waals surface area contributed by atoms with Crippen molar-refractivity contribution in [3.63, 3.8) is 0 Å². The normalized spacial score (nSPS) is 10.3. The number of nitrogen functional groups attached to an aromatic ring is 1. The number of nitrogens with one attached hydrogen (secondary N) is 1. The first-order chi connectivity index (χ1) is 7.77. The van der Waals surface area contributed by atoms with Crippen LogP contribution in [0.2, 0.25) is 0 Å². The first-order valence-corrected chi connectivity index (χ1v) is 6.26. The van der Waals surface area contributed by atoms with Crippen molar-refractivity contribution in [1.29, 1.82) is 0 Å². The van der Waals surface area contributed by atoms with Crippen LogP contribution in [0.3, 0.4) is 0 Å². The van der Waals surface area contributed by atoms with Crippen LogP contribution < -0.4 is 11.1 Å². The summed E-state index contributed by atoms with van der Waals surface area (Å²) >= 11 is 1.82. The van der Waals surface area contributed by atoms with E-state index in [9.17, 15) is 0 Å². The Morgan fingerprint density at radius 3 is 2.75 bits per heavy atom. The summed E-state index contributed by atoms with van der Waals surface area (Å²) < 4.78 is 0. The van der Waals surface area contributed by atoms with Gasteiger partial charge in [0.25, 0.3) is 0 Å². The molecule has 1 aromatic heterocycles. The van der Waals surface area contributed by atoms with E-state index in [0.717, 1.165) is 24.3 Å². The SMILES string of the molecule is Cc1ccsc1CCNc1ccccc1N. The van der Waals surface area contributed by atoms with Crippen molar-refractivity contribution in [2.24, 2.45) is 0 Å². The predicted octanol–water partition coefficient (Wildman–Crippen LogP) is 3.29. The fourth-order valence-corrected chi connectivity index (χ4v) is 2.54. The number of hydrogen-bond acceptors (Lipinski definition) is 3. The van der Waals surface area contributed by atoms with Gasteiger partial charge in [-0.15, -0.1) is 11.3 Å². The van der Waals surface area contributed by atoms with Gasteiger partial charge in [0.2, 0.25) is 0 Å². The highest BCUT2D eigenvalue weighted by Crippen LogP contribution is 2.19. The molecule has 0 saturated heterocycles. The number of thiophene rings is 1. The first-order valence-electron chi connectivity index (χ1n) is 5.38. The van der Waals surface area contributed by atoms with Crippen LogP contribution in [-0.4, -0.2) is 6.54 Å². The number of anilines is 2. The van der Waals surface area contributed by atoms with Crippen LogP contribution in [0.4, 0.5) is 11.4 Å². The lowest BCUT2D eigenvalue weighted by atomic mass is 10.2. The fraction of sp³-hybridized carbons (Fsp3) is 0.231. The molecule has 0 aliphatic heterocycles. The van der Waals surface area contributed by atoms with Crippen LogP contribution in [0.1, 0.15) is 10.4 Å². The lowest BCUT2D eigenvalue weighted by molar-refractivity contribution is 1.03.